The lowest BCUT2D eigenvalue weighted by Gasteiger charge is -2.35. The summed E-state index contributed by atoms with van der Waals surface area (Å²) in [6.45, 7) is 9.21. The van der Waals surface area contributed by atoms with Crippen LogP contribution in [0.5, 0.6) is 5.75 Å². The fourth-order valence-electron chi connectivity index (χ4n) is 5.59. The van der Waals surface area contributed by atoms with Gasteiger partial charge in [0.05, 0.1) is 39.3 Å². The minimum Gasteiger partial charge on any atom is -0.494 e. The van der Waals surface area contributed by atoms with Gasteiger partial charge in [-0.3, -0.25) is 43.5 Å². The van der Waals surface area contributed by atoms with Gasteiger partial charge < -0.3 is 51.8 Å². The van der Waals surface area contributed by atoms with Crippen LogP contribution in [0.25, 0.3) is 0 Å². The van der Waals surface area contributed by atoms with Crippen molar-refractivity contribution < 1.29 is 63.8 Å². The molecule has 0 saturated heterocycles. The van der Waals surface area contributed by atoms with E-state index in [1.807, 2.05) is 6.92 Å². The van der Waals surface area contributed by atoms with E-state index in [0.29, 0.717) is 18.9 Å². The van der Waals surface area contributed by atoms with E-state index in [1.54, 1.807) is 49.9 Å². The Morgan fingerprint density at radius 2 is 1.21 bits per heavy atom. The maximum absolute atomic E-state index is 12.8. The molecule has 0 aromatic heterocycles. The third-order valence-corrected chi connectivity index (χ3v) is 8.28. The van der Waals surface area contributed by atoms with Crippen LogP contribution in [-0.2, 0) is 46.3 Å². The summed E-state index contributed by atoms with van der Waals surface area (Å²) < 4.78 is 10.9. The normalized spacial score (nSPS) is 11.9. The monoisotopic (exact) mass is 920 g/mol. The molecule has 2 rings (SSSR count). The molecule has 352 valence electrons. The fourth-order valence-corrected chi connectivity index (χ4v) is 5.59. The Labute approximate surface area is 374 Å². The summed E-state index contributed by atoms with van der Waals surface area (Å²) in [6.07, 6.45) is 1.13. The van der Waals surface area contributed by atoms with Gasteiger partial charge in [0, 0.05) is 51.4 Å². The molecule has 0 fully saturated rings. The van der Waals surface area contributed by atoms with Crippen LogP contribution in [0, 0.1) is 6.92 Å². The first kappa shape index (κ1) is 59.5. The number of hydrogen-bond acceptors (Lipinski definition) is 14. The van der Waals surface area contributed by atoms with Gasteiger partial charge in [-0.1, -0.05) is 42.0 Å². The van der Waals surface area contributed by atoms with E-state index in [-0.39, 0.29) is 56.9 Å². The minimum absolute atomic E-state index is 0. The molecular formula is C41H66Cl2N6O13. The second kappa shape index (κ2) is 33.0. The number of nitrogens with one attached hydrogen (secondary N) is 1. The van der Waals surface area contributed by atoms with Gasteiger partial charge in [0.15, 0.2) is 0 Å². The van der Waals surface area contributed by atoms with Gasteiger partial charge in [0.1, 0.15) is 17.2 Å². The number of aryl methyl sites for hydroxylation is 1. The SMILES string of the molecule is CCOc1ccc(C[C@@H](CN(CCN(CC(=O)O)CC(=O)O)CC(=O)OC(C)(C)C)N(CC(=O)O)CC(=O)O)cc1.Cc1ccc(C[C@H](N)CNCCN)cc1.Cl.O=C(O)CCl. The van der Waals surface area contributed by atoms with Crippen molar-refractivity contribution in [2.24, 2.45) is 11.5 Å². The third kappa shape index (κ3) is 32.2. The molecule has 0 aliphatic carbocycles. The van der Waals surface area contributed by atoms with Gasteiger partial charge in [-0.15, -0.1) is 24.0 Å². The molecule has 0 spiro atoms. The number of carboxylic acids is 5. The molecule has 2 aromatic rings. The molecule has 0 aliphatic rings. The smallest absolute Gasteiger partial charge is 0.320 e. The lowest BCUT2D eigenvalue weighted by Crippen LogP contribution is -2.51. The molecule has 2 aromatic carbocycles. The van der Waals surface area contributed by atoms with Crippen LogP contribution >= 0.6 is 24.0 Å². The van der Waals surface area contributed by atoms with E-state index < -0.39 is 73.6 Å². The van der Waals surface area contributed by atoms with Crippen LogP contribution in [0.4, 0.5) is 0 Å². The molecule has 2 atom stereocenters. The number of nitrogens with two attached hydrogens (primary N) is 2. The lowest BCUT2D eigenvalue weighted by atomic mass is 10.0. The highest BCUT2D eigenvalue weighted by molar-refractivity contribution is 6.26. The Kier molecular flexibility index (Phi) is 31.7. The van der Waals surface area contributed by atoms with Crippen LogP contribution in [-0.4, -0.2) is 178 Å². The number of aliphatic carboxylic acids is 5. The molecule has 21 heteroatoms. The molecular weight excluding hydrogens is 855 g/mol. The molecule has 0 saturated carbocycles. The summed E-state index contributed by atoms with van der Waals surface area (Å²) in [6, 6.07) is 15.0. The quantitative estimate of drug-likeness (QED) is 0.0360. The van der Waals surface area contributed by atoms with Gasteiger partial charge in [-0.2, -0.15) is 0 Å². The Balaban J connectivity index is 0. The van der Waals surface area contributed by atoms with Crippen molar-refractivity contribution in [1.82, 2.24) is 20.0 Å². The van der Waals surface area contributed by atoms with Crippen molar-refractivity contribution in [2.45, 2.75) is 65.1 Å². The first-order chi connectivity index (χ1) is 28.6. The van der Waals surface area contributed by atoms with Crippen molar-refractivity contribution in [3.8, 4) is 5.75 Å². The summed E-state index contributed by atoms with van der Waals surface area (Å²) in [5.74, 6) is -6.20. The average Bonchev–Trinajstić information content (AvgIpc) is 3.14. The third-order valence-electron chi connectivity index (χ3n) is 8.05. The van der Waals surface area contributed by atoms with Crippen LogP contribution in [0.1, 0.15) is 44.4 Å². The van der Waals surface area contributed by atoms with E-state index >= 15 is 0 Å². The van der Waals surface area contributed by atoms with E-state index in [1.165, 1.54) is 20.9 Å². The summed E-state index contributed by atoms with van der Waals surface area (Å²) >= 11 is 4.74. The van der Waals surface area contributed by atoms with E-state index in [0.717, 1.165) is 25.1 Å². The fraction of sp³-hybridized carbons (Fsp3) is 0.561. The van der Waals surface area contributed by atoms with E-state index in [2.05, 4.69) is 36.5 Å². The number of nitrogens with zero attached hydrogens (tertiary/aromatic N) is 3. The zero-order chi connectivity index (χ0) is 46.5. The summed E-state index contributed by atoms with van der Waals surface area (Å²) in [5, 5.41) is 48.2. The van der Waals surface area contributed by atoms with Crippen LogP contribution in [0.15, 0.2) is 48.5 Å². The van der Waals surface area contributed by atoms with Gasteiger partial charge in [0.25, 0.3) is 0 Å². The number of alkyl halides is 1. The maximum Gasteiger partial charge on any atom is 0.320 e. The van der Waals surface area contributed by atoms with Crippen LogP contribution in [0.2, 0.25) is 0 Å². The highest BCUT2D eigenvalue weighted by Crippen LogP contribution is 2.17. The van der Waals surface area contributed by atoms with Crippen LogP contribution in [0.3, 0.4) is 0 Å². The summed E-state index contributed by atoms with van der Waals surface area (Å²) in [7, 11) is 0. The van der Waals surface area contributed by atoms with Gasteiger partial charge in [-0.05, 0) is 70.7 Å². The van der Waals surface area contributed by atoms with Crippen molar-refractivity contribution in [3.63, 3.8) is 0 Å². The number of carboxylic acid groups (broad SMARTS) is 5. The number of esters is 1. The van der Waals surface area contributed by atoms with Gasteiger partial charge >= 0.3 is 35.8 Å². The number of ether oxygens (including phenoxy) is 2. The molecule has 0 radical (unpaired) electrons. The minimum atomic E-state index is -1.24. The van der Waals surface area contributed by atoms with Crippen molar-refractivity contribution in [3.05, 3.63) is 65.2 Å². The van der Waals surface area contributed by atoms with E-state index in [9.17, 15) is 49.2 Å². The number of carbonyl (C=O) groups is 6. The molecule has 0 bridgehead atoms. The predicted molar refractivity (Wildman–Crippen MR) is 236 cm³/mol. The van der Waals surface area contributed by atoms with Gasteiger partial charge in [0.2, 0.25) is 0 Å². The number of rotatable bonds is 27. The maximum atomic E-state index is 12.8. The first-order valence-electron chi connectivity index (χ1n) is 19.6. The molecule has 0 heterocycles. The second-order valence-corrected chi connectivity index (χ2v) is 15.2. The van der Waals surface area contributed by atoms with E-state index in [4.69, 9.17) is 37.6 Å². The van der Waals surface area contributed by atoms with Crippen LogP contribution < -0.4 is 21.5 Å². The van der Waals surface area contributed by atoms with Crippen molar-refractivity contribution in [2.75, 3.05) is 84.5 Å². The molecule has 62 heavy (non-hydrogen) atoms. The topological polar surface area (TPSA) is 296 Å². The number of hydrogen-bond donors (Lipinski definition) is 8. The van der Waals surface area contributed by atoms with Gasteiger partial charge in [-0.25, -0.2) is 0 Å². The predicted octanol–water partition coefficient (Wildman–Crippen LogP) is 1.73. The Hall–Kier alpha value is -4.60. The molecule has 0 aliphatic heterocycles. The Morgan fingerprint density at radius 3 is 1.65 bits per heavy atom. The largest absolute Gasteiger partial charge is 0.494 e. The standard InChI is InChI=1S/C27H41N3O11.C12H21N3.C2H3ClO2.ClH/c1-5-40-21-8-6-19(7-9-21)12-20(30(16-24(35)36)17-25(37)38)13-28(18-26(39)41-27(2,3)4)10-11-29(14-22(31)32)15-23(33)34;1-10-2-4-11(5-3-10)8-12(14)9-15-7-6-13;3-1-2(4)5;/h6-9,20H,5,10-18H2,1-4H3,(H,31,32)(H,33,34)(H,35,36)(H,37,38);2-5,12,15H,6-9,13-14H2,1H3;1H2,(H,4,5);1H/t20-;12-;;/m00../s1. The molecule has 10 N–H and O–H groups in total. The number of carbonyl (C=O) groups excluding carboxylic acids is 1. The summed E-state index contributed by atoms with van der Waals surface area (Å²) in [5.41, 5.74) is 13.9. The van der Waals surface area contributed by atoms with Crippen molar-refractivity contribution in [1.29, 1.82) is 0 Å². The summed E-state index contributed by atoms with van der Waals surface area (Å²) in [4.78, 5) is 71.8. The average molecular weight is 922 g/mol. The number of benzene rings is 2. The highest BCUT2D eigenvalue weighted by Gasteiger charge is 2.28. The molecule has 0 unspecified atom stereocenters. The molecule has 19 nitrogen and oxygen atoms in total. The first-order valence-corrected chi connectivity index (χ1v) is 20.1. The second-order valence-electron chi connectivity index (χ2n) is 14.9. The Morgan fingerprint density at radius 1 is 0.742 bits per heavy atom. The Bertz CT molecular complexity index is 1580. The molecule has 0 amide bonds. The lowest BCUT2D eigenvalue weighted by molar-refractivity contribution is -0.157. The highest BCUT2D eigenvalue weighted by atomic mass is 35.5. The number of halogens is 2. The zero-order valence-electron chi connectivity index (χ0n) is 36.2. The zero-order valence-corrected chi connectivity index (χ0v) is 37.7. The van der Waals surface area contributed by atoms with Crippen molar-refractivity contribution >= 4 is 59.8 Å².